The molecule has 3 aromatic rings. The molecule has 31 heavy (non-hydrogen) atoms. The van der Waals surface area contributed by atoms with Gasteiger partial charge < -0.3 is 19.5 Å². The van der Waals surface area contributed by atoms with E-state index in [0.29, 0.717) is 28.5 Å². The smallest absolute Gasteiger partial charge is 0.344 e. The number of hydrogen-bond donors (Lipinski definition) is 1. The molecule has 0 radical (unpaired) electrons. The van der Waals surface area contributed by atoms with Gasteiger partial charge in [0, 0.05) is 11.3 Å². The quantitative estimate of drug-likeness (QED) is 0.412. The van der Waals surface area contributed by atoms with Crippen molar-refractivity contribution in [2.45, 2.75) is 6.92 Å². The summed E-state index contributed by atoms with van der Waals surface area (Å²) in [5.74, 6) is 0.415. The second-order valence-corrected chi connectivity index (χ2v) is 6.52. The van der Waals surface area contributed by atoms with Crippen LogP contribution in [-0.4, -0.2) is 30.9 Å². The van der Waals surface area contributed by atoms with Gasteiger partial charge in [0.25, 0.3) is 5.91 Å². The zero-order valence-electron chi connectivity index (χ0n) is 16.9. The first kappa shape index (κ1) is 21.6. The Bertz CT molecular complexity index is 1050. The van der Waals surface area contributed by atoms with Crippen LogP contribution in [-0.2, 0) is 14.3 Å². The van der Waals surface area contributed by atoms with Gasteiger partial charge in [-0.15, -0.1) is 0 Å². The van der Waals surface area contributed by atoms with Gasteiger partial charge in [-0.1, -0.05) is 30.3 Å². The zero-order valence-corrected chi connectivity index (χ0v) is 16.9. The molecule has 7 heteroatoms. The maximum atomic E-state index is 12.0. The molecule has 1 amide bonds. The highest BCUT2D eigenvalue weighted by Gasteiger charge is 2.10. The van der Waals surface area contributed by atoms with E-state index in [0.717, 1.165) is 0 Å². The molecule has 0 aromatic heterocycles. The average molecular weight is 419 g/mol. The van der Waals surface area contributed by atoms with Crippen molar-refractivity contribution in [3.05, 3.63) is 84.4 Å². The van der Waals surface area contributed by atoms with Crippen molar-refractivity contribution in [2.24, 2.45) is 0 Å². The van der Waals surface area contributed by atoms with Crippen LogP contribution in [0, 0.1) is 0 Å². The lowest BCUT2D eigenvalue weighted by molar-refractivity contribution is -0.149. The van der Waals surface area contributed by atoms with Crippen molar-refractivity contribution in [2.75, 3.05) is 18.5 Å². The predicted octanol–water partition coefficient (Wildman–Crippen LogP) is 4.24. The number of nitrogens with one attached hydrogen (secondary N) is 1. The van der Waals surface area contributed by atoms with E-state index < -0.39 is 18.5 Å². The highest BCUT2D eigenvalue weighted by atomic mass is 16.6. The number of para-hydroxylation sites is 1. The van der Waals surface area contributed by atoms with E-state index in [9.17, 15) is 14.4 Å². The van der Waals surface area contributed by atoms with Gasteiger partial charge in [-0.2, -0.15) is 0 Å². The number of benzene rings is 3. The zero-order chi connectivity index (χ0) is 22.1. The Morgan fingerprint density at radius 1 is 0.774 bits per heavy atom. The first-order valence-corrected chi connectivity index (χ1v) is 9.52. The number of esters is 1. The number of anilines is 1. The summed E-state index contributed by atoms with van der Waals surface area (Å²) >= 11 is 0. The summed E-state index contributed by atoms with van der Waals surface area (Å²) in [5.41, 5.74) is 1.02. The van der Waals surface area contributed by atoms with Crippen LogP contribution in [0.25, 0.3) is 0 Å². The predicted molar refractivity (Wildman–Crippen MR) is 114 cm³/mol. The Balaban J connectivity index is 1.40. The summed E-state index contributed by atoms with van der Waals surface area (Å²) in [6, 6.07) is 22.6. The molecule has 1 N–H and O–H groups in total. The summed E-state index contributed by atoms with van der Waals surface area (Å²) in [4.78, 5) is 35.2. The van der Waals surface area contributed by atoms with Crippen molar-refractivity contribution in [1.29, 1.82) is 0 Å². The number of ether oxygens (including phenoxy) is 3. The minimum atomic E-state index is -0.699. The first-order valence-electron chi connectivity index (χ1n) is 9.52. The van der Waals surface area contributed by atoms with Crippen LogP contribution in [0.5, 0.6) is 17.2 Å². The first-order chi connectivity index (χ1) is 15.0. The summed E-state index contributed by atoms with van der Waals surface area (Å²) in [5, 5.41) is 2.63. The fourth-order valence-corrected chi connectivity index (χ4v) is 2.56. The summed E-state index contributed by atoms with van der Waals surface area (Å²) in [6.07, 6.45) is 0. The van der Waals surface area contributed by atoms with Crippen LogP contribution in [0.4, 0.5) is 5.69 Å². The molecule has 0 unspecified atom stereocenters. The van der Waals surface area contributed by atoms with Crippen LogP contribution >= 0.6 is 0 Å². The van der Waals surface area contributed by atoms with E-state index in [2.05, 4.69) is 5.32 Å². The lowest BCUT2D eigenvalue weighted by Crippen LogP contribution is -2.23. The second-order valence-electron chi connectivity index (χ2n) is 6.52. The number of carbonyl (C=O) groups excluding carboxylic acids is 3. The van der Waals surface area contributed by atoms with E-state index in [1.165, 1.54) is 13.0 Å². The van der Waals surface area contributed by atoms with E-state index in [1.807, 2.05) is 30.3 Å². The van der Waals surface area contributed by atoms with Crippen LogP contribution in [0.2, 0.25) is 0 Å². The Kier molecular flexibility index (Phi) is 7.37. The summed E-state index contributed by atoms with van der Waals surface area (Å²) in [7, 11) is 0. The third-order valence-corrected chi connectivity index (χ3v) is 4.08. The largest absolute Gasteiger partial charge is 0.482 e. The third-order valence-electron chi connectivity index (χ3n) is 4.08. The number of hydrogen-bond acceptors (Lipinski definition) is 6. The van der Waals surface area contributed by atoms with E-state index in [1.54, 1.807) is 42.5 Å². The van der Waals surface area contributed by atoms with Gasteiger partial charge in [-0.3, -0.25) is 9.59 Å². The molecule has 0 spiro atoms. The monoisotopic (exact) mass is 419 g/mol. The Hall–Kier alpha value is -4.13. The summed E-state index contributed by atoms with van der Waals surface area (Å²) < 4.78 is 15.9. The molecule has 0 aliphatic heterocycles. The Morgan fingerprint density at radius 3 is 2.16 bits per heavy atom. The van der Waals surface area contributed by atoms with Gasteiger partial charge in [0.1, 0.15) is 17.2 Å². The molecule has 0 aliphatic carbocycles. The van der Waals surface area contributed by atoms with E-state index in [-0.39, 0.29) is 12.4 Å². The highest BCUT2D eigenvalue weighted by Crippen LogP contribution is 2.22. The van der Waals surface area contributed by atoms with Gasteiger partial charge in [0.2, 0.25) is 0 Å². The van der Waals surface area contributed by atoms with Gasteiger partial charge >= 0.3 is 5.97 Å². The molecule has 0 saturated heterocycles. The standard InChI is InChI=1S/C24H21NO6/c1-17(26)18-6-5-9-22(14-18)29-16-24(28)30-15-23(27)25-19-10-12-21(13-11-19)31-20-7-3-2-4-8-20/h2-14H,15-16H2,1H3,(H,25,27). The molecule has 0 heterocycles. The second kappa shape index (κ2) is 10.6. The SMILES string of the molecule is CC(=O)c1cccc(OCC(=O)OCC(=O)Nc2ccc(Oc3ccccc3)cc2)c1. The van der Waals surface area contributed by atoms with Gasteiger partial charge in [0.05, 0.1) is 0 Å². The van der Waals surface area contributed by atoms with Crippen LogP contribution < -0.4 is 14.8 Å². The molecule has 7 nitrogen and oxygen atoms in total. The number of carbonyl (C=O) groups is 3. The fourth-order valence-electron chi connectivity index (χ4n) is 2.56. The normalized spacial score (nSPS) is 10.1. The molecular formula is C24H21NO6. The molecule has 0 fully saturated rings. The van der Waals surface area contributed by atoms with Crippen LogP contribution in [0.15, 0.2) is 78.9 Å². The van der Waals surface area contributed by atoms with E-state index >= 15 is 0 Å². The Morgan fingerprint density at radius 2 is 1.45 bits per heavy atom. The minimum Gasteiger partial charge on any atom is -0.482 e. The van der Waals surface area contributed by atoms with Crippen molar-refractivity contribution in [3.8, 4) is 17.2 Å². The maximum Gasteiger partial charge on any atom is 0.344 e. The van der Waals surface area contributed by atoms with Gasteiger partial charge in [0.15, 0.2) is 19.0 Å². The molecule has 3 aromatic carbocycles. The molecule has 3 rings (SSSR count). The van der Waals surface area contributed by atoms with Crippen molar-refractivity contribution >= 4 is 23.3 Å². The lowest BCUT2D eigenvalue weighted by atomic mass is 10.1. The number of ketones is 1. The van der Waals surface area contributed by atoms with Crippen LogP contribution in [0.3, 0.4) is 0 Å². The number of amides is 1. The van der Waals surface area contributed by atoms with Crippen molar-refractivity contribution in [1.82, 2.24) is 0 Å². The maximum absolute atomic E-state index is 12.0. The van der Waals surface area contributed by atoms with Crippen molar-refractivity contribution < 1.29 is 28.6 Å². The van der Waals surface area contributed by atoms with Gasteiger partial charge in [-0.05, 0) is 55.5 Å². The lowest BCUT2D eigenvalue weighted by Gasteiger charge is -2.09. The molecule has 0 bridgehead atoms. The van der Waals surface area contributed by atoms with Gasteiger partial charge in [-0.25, -0.2) is 4.79 Å². The fraction of sp³-hybridized carbons (Fsp3) is 0.125. The van der Waals surface area contributed by atoms with Crippen molar-refractivity contribution in [3.63, 3.8) is 0 Å². The molecule has 158 valence electrons. The molecule has 0 atom stereocenters. The van der Waals surface area contributed by atoms with Crippen LogP contribution in [0.1, 0.15) is 17.3 Å². The topological polar surface area (TPSA) is 90.9 Å². The molecule has 0 saturated carbocycles. The highest BCUT2D eigenvalue weighted by molar-refractivity contribution is 5.94. The average Bonchev–Trinajstić information content (AvgIpc) is 2.78. The van der Waals surface area contributed by atoms with E-state index in [4.69, 9.17) is 14.2 Å². The molecular weight excluding hydrogens is 398 g/mol. The number of Topliss-reactive ketones (excluding diaryl/α,β-unsaturated/α-hetero) is 1. The Labute approximate surface area is 179 Å². The minimum absolute atomic E-state index is 0.107. The number of rotatable bonds is 9. The summed E-state index contributed by atoms with van der Waals surface area (Å²) in [6.45, 7) is 0.619. The molecule has 0 aliphatic rings. The third kappa shape index (κ3) is 7.01.